The summed E-state index contributed by atoms with van der Waals surface area (Å²) in [6.45, 7) is 6.00. The summed E-state index contributed by atoms with van der Waals surface area (Å²) in [6.07, 6.45) is 0.809. The van der Waals surface area contributed by atoms with Crippen molar-refractivity contribution in [1.82, 2.24) is 15.5 Å². The Morgan fingerprint density at radius 3 is 2.58 bits per heavy atom. The van der Waals surface area contributed by atoms with Gasteiger partial charge < -0.3 is 9.84 Å². The number of nitrogens with one attached hydrogen (secondary N) is 1. The molecule has 12 heavy (non-hydrogen) atoms. The molecule has 0 aliphatic rings. The van der Waals surface area contributed by atoms with Gasteiger partial charge in [-0.05, 0) is 20.9 Å². The van der Waals surface area contributed by atoms with E-state index >= 15 is 0 Å². The topological polar surface area (TPSA) is 51.0 Å². The molecule has 0 spiro atoms. The zero-order valence-electron chi connectivity index (χ0n) is 8.01. The number of aromatic nitrogens is 2. The summed E-state index contributed by atoms with van der Waals surface area (Å²) < 4.78 is 5.09. The summed E-state index contributed by atoms with van der Waals surface area (Å²) in [6, 6.07) is 0. The molecule has 0 aromatic carbocycles. The van der Waals surface area contributed by atoms with Gasteiger partial charge in [-0.3, -0.25) is 0 Å². The maximum atomic E-state index is 5.09. The second-order valence-electron chi connectivity index (χ2n) is 3.24. The SMILES string of the molecule is CCc1noc(C(C)(C)NC)n1. The molecule has 1 N–H and O–H groups in total. The fraction of sp³-hybridized carbons (Fsp3) is 0.750. The predicted octanol–water partition coefficient (Wildman–Crippen LogP) is 1.09. The van der Waals surface area contributed by atoms with Crippen LogP contribution in [0.1, 0.15) is 32.5 Å². The van der Waals surface area contributed by atoms with Gasteiger partial charge in [0.25, 0.3) is 0 Å². The molecule has 0 atom stereocenters. The Labute approximate surface area is 72.4 Å². The highest BCUT2D eigenvalue weighted by Crippen LogP contribution is 2.16. The number of nitrogens with zero attached hydrogens (tertiary/aromatic N) is 2. The van der Waals surface area contributed by atoms with Crippen molar-refractivity contribution in [3.63, 3.8) is 0 Å². The van der Waals surface area contributed by atoms with E-state index in [0.29, 0.717) is 5.89 Å². The lowest BCUT2D eigenvalue weighted by atomic mass is 10.1. The minimum absolute atomic E-state index is 0.236. The van der Waals surface area contributed by atoms with Gasteiger partial charge in [0.15, 0.2) is 5.82 Å². The van der Waals surface area contributed by atoms with Crippen LogP contribution in [0.5, 0.6) is 0 Å². The Bertz CT molecular complexity index is 255. The molecular weight excluding hydrogens is 154 g/mol. The van der Waals surface area contributed by atoms with Crippen molar-refractivity contribution in [2.45, 2.75) is 32.7 Å². The van der Waals surface area contributed by atoms with Gasteiger partial charge in [-0.2, -0.15) is 4.98 Å². The van der Waals surface area contributed by atoms with Crippen LogP contribution in [0, 0.1) is 0 Å². The van der Waals surface area contributed by atoms with E-state index in [-0.39, 0.29) is 5.54 Å². The number of rotatable bonds is 3. The lowest BCUT2D eigenvalue weighted by Gasteiger charge is -2.17. The van der Waals surface area contributed by atoms with E-state index in [1.165, 1.54) is 0 Å². The summed E-state index contributed by atoms with van der Waals surface area (Å²) in [4.78, 5) is 4.23. The summed E-state index contributed by atoms with van der Waals surface area (Å²) >= 11 is 0. The minimum atomic E-state index is -0.236. The zero-order valence-corrected chi connectivity index (χ0v) is 8.01. The zero-order chi connectivity index (χ0) is 9.19. The van der Waals surface area contributed by atoms with Gasteiger partial charge >= 0.3 is 0 Å². The molecule has 4 nitrogen and oxygen atoms in total. The summed E-state index contributed by atoms with van der Waals surface area (Å²) in [5.74, 6) is 1.40. The maximum Gasteiger partial charge on any atom is 0.246 e. The van der Waals surface area contributed by atoms with Crippen LogP contribution < -0.4 is 5.32 Å². The van der Waals surface area contributed by atoms with E-state index in [1.807, 2.05) is 27.8 Å². The molecule has 0 saturated heterocycles. The molecule has 1 aromatic rings. The predicted molar refractivity (Wildman–Crippen MR) is 45.8 cm³/mol. The van der Waals surface area contributed by atoms with E-state index in [1.54, 1.807) is 0 Å². The van der Waals surface area contributed by atoms with Crippen molar-refractivity contribution in [3.05, 3.63) is 11.7 Å². The molecule has 0 amide bonds. The standard InChI is InChI=1S/C8H15N3O/c1-5-6-10-7(12-11-6)8(2,3)9-4/h9H,5H2,1-4H3. The molecule has 0 aliphatic carbocycles. The van der Waals surface area contributed by atoms with Crippen molar-refractivity contribution in [2.24, 2.45) is 0 Å². The Balaban J connectivity index is 2.88. The van der Waals surface area contributed by atoms with Crippen molar-refractivity contribution < 1.29 is 4.52 Å². The fourth-order valence-corrected chi connectivity index (χ4v) is 0.758. The third-order valence-electron chi connectivity index (χ3n) is 1.94. The van der Waals surface area contributed by atoms with E-state index < -0.39 is 0 Å². The number of aryl methyl sites for hydroxylation is 1. The van der Waals surface area contributed by atoms with E-state index in [4.69, 9.17) is 4.52 Å². The summed E-state index contributed by atoms with van der Waals surface area (Å²) in [7, 11) is 1.87. The second kappa shape index (κ2) is 3.23. The van der Waals surface area contributed by atoms with Gasteiger partial charge in [0.2, 0.25) is 5.89 Å². The second-order valence-corrected chi connectivity index (χ2v) is 3.24. The summed E-state index contributed by atoms with van der Waals surface area (Å²) in [5, 5.41) is 6.92. The van der Waals surface area contributed by atoms with Crippen molar-refractivity contribution >= 4 is 0 Å². The molecule has 1 rings (SSSR count). The van der Waals surface area contributed by atoms with Gasteiger partial charge in [-0.1, -0.05) is 12.1 Å². The number of hydrogen-bond acceptors (Lipinski definition) is 4. The van der Waals surface area contributed by atoms with Crippen molar-refractivity contribution in [2.75, 3.05) is 7.05 Å². The molecule has 0 saturated carbocycles. The number of hydrogen-bond donors (Lipinski definition) is 1. The lowest BCUT2D eigenvalue weighted by molar-refractivity contribution is 0.279. The van der Waals surface area contributed by atoms with Crippen LogP contribution in [0.15, 0.2) is 4.52 Å². The van der Waals surface area contributed by atoms with E-state index in [0.717, 1.165) is 12.2 Å². The van der Waals surface area contributed by atoms with Gasteiger partial charge in [-0.25, -0.2) is 0 Å². The van der Waals surface area contributed by atoms with Crippen LogP contribution in [0.25, 0.3) is 0 Å². The molecule has 0 unspecified atom stereocenters. The van der Waals surface area contributed by atoms with Crippen molar-refractivity contribution in [3.8, 4) is 0 Å². The van der Waals surface area contributed by atoms with Crippen LogP contribution in [0.2, 0.25) is 0 Å². The van der Waals surface area contributed by atoms with Gasteiger partial charge in [0.1, 0.15) is 0 Å². The molecule has 1 heterocycles. The average molecular weight is 169 g/mol. The maximum absolute atomic E-state index is 5.09. The van der Waals surface area contributed by atoms with Gasteiger partial charge in [-0.15, -0.1) is 0 Å². The van der Waals surface area contributed by atoms with Crippen molar-refractivity contribution in [1.29, 1.82) is 0 Å². The lowest BCUT2D eigenvalue weighted by Crippen LogP contribution is -2.33. The van der Waals surface area contributed by atoms with E-state index in [2.05, 4.69) is 15.5 Å². The molecule has 68 valence electrons. The monoisotopic (exact) mass is 169 g/mol. The fourth-order valence-electron chi connectivity index (χ4n) is 0.758. The quantitative estimate of drug-likeness (QED) is 0.735. The van der Waals surface area contributed by atoms with Gasteiger partial charge in [0.05, 0.1) is 5.54 Å². The highest BCUT2D eigenvalue weighted by molar-refractivity contribution is 4.98. The first-order valence-corrected chi connectivity index (χ1v) is 4.12. The highest BCUT2D eigenvalue weighted by Gasteiger charge is 2.24. The first kappa shape index (κ1) is 9.19. The molecule has 0 bridgehead atoms. The smallest absolute Gasteiger partial charge is 0.246 e. The average Bonchev–Trinajstić information content (AvgIpc) is 2.52. The minimum Gasteiger partial charge on any atom is -0.337 e. The summed E-state index contributed by atoms with van der Waals surface area (Å²) in [5.41, 5.74) is -0.236. The molecule has 0 fully saturated rings. The largest absolute Gasteiger partial charge is 0.337 e. The van der Waals surface area contributed by atoms with Crippen LogP contribution in [-0.2, 0) is 12.0 Å². The van der Waals surface area contributed by atoms with Gasteiger partial charge in [0, 0.05) is 6.42 Å². The molecule has 4 heteroatoms. The highest BCUT2D eigenvalue weighted by atomic mass is 16.5. The third kappa shape index (κ3) is 1.64. The van der Waals surface area contributed by atoms with Crippen LogP contribution in [0.3, 0.4) is 0 Å². The Morgan fingerprint density at radius 2 is 2.17 bits per heavy atom. The molecule has 1 aromatic heterocycles. The Morgan fingerprint density at radius 1 is 1.50 bits per heavy atom. The Hall–Kier alpha value is -0.900. The molecule has 0 aliphatic heterocycles. The Kier molecular flexibility index (Phi) is 2.47. The van der Waals surface area contributed by atoms with E-state index in [9.17, 15) is 0 Å². The first-order chi connectivity index (χ1) is 5.60. The third-order valence-corrected chi connectivity index (χ3v) is 1.94. The van der Waals surface area contributed by atoms with Crippen LogP contribution >= 0.6 is 0 Å². The normalized spacial score (nSPS) is 12.0. The van der Waals surface area contributed by atoms with Crippen LogP contribution in [0.4, 0.5) is 0 Å². The molecular formula is C8H15N3O. The molecule has 0 radical (unpaired) electrons. The first-order valence-electron chi connectivity index (χ1n) is 4.12. The van der Waals surface area contributed by atoms with Crippen LogP contribution in [-0.4, -0.2) is 17.2 Å².